The third-order valence-electron chi connectivity index (χ3n) is 2.41. The molecule has 4 nitrogen and oxygen atoms in total. The van der Waals surface area contributed by atoms with Crippen LogP contribution in [0.3, 0.4) is 0 Å². The molecule has 0 atom stereocenters. The normalized spacial score (nSPS) is 10.4. The number of amides is 1. The van der Waals surface area contributed by atoms with Crippen LogP contribution in [0, 0.1) is 5.82 Å². The van der Waals surface area contributed by atoms with Crippen molar-refractivity contribution in [1.29, 1.82) is 0 Å². The van der Waals surface area contributed by atoms with Gasteiger partial charge in [0.15, 0.2) is 11.6 Å². The lowest BCUT2D eigenvalue weighted by molar-refractivity contribution is 0.102. The minimum absolute atomic E-state index is 0.191. The molecule has 0 unspecified atom stereocenters. The SMILES string of the molecule is Nc1nccc(C(=O)Nc2c(Cl)cc(Br)cc2Cl)c1F. The van der Waals surface area contributed by atoms with Crippen molar-refractivity contribution in [2.45, 2.75) is 0 Å². The molecular weight excluding hydrogens is 372 g/mol. The van der Waals surface area contributed by atoms with Gasteiger partial charge in [0.1, 0.15) is 0 Å². The van der Waals surface area contributed by atoms with E-state index < -0.39 is 11.7 Å². The fourth-order valence-electron chi connectivity index (χ4n) is 1.48. The van der Waals surface area contributed by atoms with Crippen LogP contribution in [-0.2, 0) is 0 Å². The van der Waals surface area contributed by atoms with E-state index >= 15 is 0 Å². The number of aromatic nitrogens is 1. The largest absolute Gasteiger partial charge is 0.381 e. The molecule has 2 aromatic rings. The van der Waals surface area contributed by atoms with Gasteiger partial charge in [0.25, 0.3) is 5.91 Å². The fourth-order valence-corrected chi connectivity index (χ4v) is 2.78. The number of benzene rings is 1. The summed E-state index contributed by atoms with van der Waals surface area (Å²) in [4.78, 5) is 15.6. The van der Waals surface area contributed by atoms with Crippen molar-refractivity contribution >= 4 is 56.5 Å². The molecular formula is C12H7BrCl2FN3O. The quantitative estimate of drug-likeness (QED) is 0.825. The van der Waals surface area contributed by atoms with E-state index in [9.17, 15) is 9.18 Å². The summed E-state index contributed by atoms with van der Waals surface area (Å²) in [5, 5.41) is 2.89. The van der Waals surface area contributed by atoms with Crippen LogP contribution < -0.4 is 11.1 Å². The maximum absolute atomic E-state index is 13.7. The zero-order valence-electron chi connectivity index (χ0n) is 9.75. The maximum atomic E-state index is 13.7. The molecule has 0 aliphatic rings. The molecule has 2 rings (SSSR count). The minimum Gasteiger partial charge on any atom is -0.381 e. The van der Waals surface area contributed by atoms with Crippen molar-refractivity contribution in [3.63, 3.8) is 0 Å². The minimum atomic E-state index is -0.894. The average Bonchev–Trinajstić information content (AvgIpc) is 2.36. The Morgan fingerprint density at radius 2 is 1.95 bits per heavy atom. The highest BCUT2D eigenvalue weighted by molar-refractivity contribution is 9.10. The van der Waals surface area contributed by atoms with E-state index in [1.165, 1.54) is 12.3 Å². The second-order valence-electron chi connectivity index (χ2n) is 3.76. The number of nitrogens with two attached hydrogens (primary N) is 1. The summed E-state index contributed by atoms with van der Waals surface area (Å²) in [6.07, 6.45) is 1.23. The summed E-state index contributed by atoms with van der Waals surface area (Å²) in [6.45, 7) is 0. The van der Waals surface area contributed by atoms with Crippen LogP contribution in [0.4, 0.5) is 15.9 Å². The number of carbonyl (C=O) groups is 1. The van der Waals surface area contributed by atoms with Gasteiger partial charge < -0.3 is 11.1 Å². The Kier molecular flexibility index (Phi) is 4.47. The van der Waals surface area contributed by atoms with E-state index in [1.807, 2.05) is 0 Å². The Morgan fingerprint density at radius 3 is 2.55 bits per heavy atom. The van der Waals surface area contributed by atoms with E-state index in [-0.39, 0.29) is 27.1 Å². The van der Waals surface area contributed by atoms with Crippen molar-refractivity contribution in [1.82, 2.24) is 4.98 Å². The first kappa shape index (κ1) is 15.0. The molecule has 3 N–H and O–H groups in total. The van der Waals surface area contributed by atoms with Gasteiger partial charge in [-0.1, -0.05) is 39.1 Å². The van der Waals surface area contributed by atoms with Crippen molar-refractivity contribution in [3.05, 3.63) is 50.3 Å². The summed E-state index contributed by atoms with van der Waals surface area (Å²) in [5.41, 5.74) is 5.26. The van der Waals surface area contributed by atoms with Gasteiger partial charge in [-0.15, -0.1) is 0 Å². The fraction of sp³-hybridized carbons (Fsp3) is 0. The van der Waals surface area contributed by atoms with E-state index in [2.05, 4.69) is 26.2 Å². The van der Waals surface area contributed by atoms with E-state index in [0.29, 0.717) is 4.47 Å². The molecule has 20 heavy (non-hydrogen) atoms. The molecule has 8 heteroatoms. The molecule has 0 saturated carbocycles. The Morgan fingerprint density at radius 1 is 1.35 bits per heavy atom. The molecule has 0 bridgehead atoms. The highest BCUT2D eigenvalue weighted by Gasteiger charge is 2.17. The Bertz CT molecular complexity index is 673. The highest BCUT2D eigenvalue weighted by Crippen LogP contribution is 2.34. The van der Waals surface area contributed by atoms with Crippen LogP contribution in [0.1, 0.15) is 10.4 Å². The first-order chi connectivity index (χ1) is 9.40. The molecule has 0 radical (unpaired) electrons. The molecule has 0 aliphatic carbocycles. The van der Waals surface area contributed by atoms with E-state index in [1.54, 1.807) is 12.1 Å². The zero-order valence-corrected chi connectivity index (χ0v) is 12.9. The highest BCUT2D eigenvalue weighted by atomic mass is 79.9. The van der Waals surface area contributed by atoms with Gasteiger partial charge in [0.2, 0.25) is 0 Å². The van der Waals surface area contributed by atoms with Crippen molar-refractivity contribution in [2.75, 3.05) is 11.1 Å². The molecule has 0 aliphatic heterocycles. The summed E-state index contributed by atoms with van der Waals surface area (Å²) in [6, 6.07) is 4.32. The number of anilines is 2. The molecule has 1 aromatic carbocycles. The molecule has 0 spiro atoms. The summed E-state index contributed by atoms with van der Waals surface area (Å²) in [5.74, 6) is -1.97. The van der Waals surface area contributed by atoms with Crippen molar-refractivity contribution in [3.8, 4) is 0 Å². The van der Waals surface area contributed by atoms with Crippen LogP contribution in [0.15, 0.2) is 28.9 Å². The summed E-state index contributed by atoms with van der Waals surface area (Å²) >= 11 is 15.2. The number of rotatable bonds is 2. The maximum Gasteiger partial charge on any atom is 0.258 e. The molecule has 0 fully saturated rings. The van der Waals surface area contributed by atoms with Gasteiger partial charge in [0.05, 0.1) is 21.3 Å². The number of pyridine rings is 1. The molecule has 0 saturated heterocycles. The third kappa shape index (κ3) is 3.03. The molecule has 1 amide bonds. The number of carbonyl (C=O) groups excluding carboxylic acids is 1. The topological polar surface area (TPSA) is 68.0 Å². The average molecular weight is 379 g/mol. The number of hydrogen-bond donors (Lipinski definition) is 2. The summed E-state index contributed by atoms with van der Waals surface area (Å²) in [7, 11) is 0. The standard InChI is InChI=1S/C12H7BrCl2FN3O/c13-5-3-7(14)10(8(15)4-5)19-12(20)6-1-2-18-11(17)9(6)16/h1-4H,(H2,17,18)(H,19,20). The van der Waals surface area contributed by atoms with Crippen LogP contribution in [0.25, 0.3) is 0 Å². The molecule has 104 valence electrons. The predicted octanol–water partition coefficient (Wildman–Crippen LogP) is 4.12. The van der Waals surface area contributed by atoms with E-state index in [0.717, 1.165) is 0 Å². The Hall–Kier alpha value is -1.37. The molecule has 1 heterocycles. The zero-order chi connectivity index (χ0) is 14.9. The van der Waals surface area contributed by atoms with Crippen LogP contribution in [0.5, 0.6) is 0 Å². The number of nitrogens with zero attached hydrogens (tertiary/aromatic N) is 1. The van der Waals surface area contributed by atoms with Gasteiger partial charge in [-0.05, 0) is 18.2 Å². The first-order valence-corrected chi connectivity index (χ1v) is 6.81. The monoisotopic (exact) mass is 377 g/mol. The smallest absolute Gasteiger partial charge is 0.258 e. The van der Waals surface area contributed by atoms with Crippen LogP contribution >= 0.6 is 39.1 Å². The van der Waals surface area contributed by atoms with Gasteiger partial charge in [-0.2, -0.15) is 0 Å². The second kappa shape index (κ2) is 5.95. The Labute approximate surface area is 132 Å². The van der Waals surface area contributed by atoms with Gasteiger partial charge >= 0.3 is 0 Å². The van der Waals surface area contributed by atoms with Crippen molar-refractivity contribution in [2.24, 2.45) is 0 Å². The number of halogens is 4. The molecule has 1 aromatic heterocycles. The van der Waals surface area contributed by atoms with Crippen molar-refractivity contribution < 1.29 is 9.18 Å². The van der Waals surface area contributed by atoms with Crippen LogP contribution in [-0.4, -0.2) is 10.9 Å². The number of nitrogens with one attached hydrogen (secondary N) is 1. The Balaban J connectivity index is 2.36. The lowest BCUT2D eigenvalue weighted by Gasteiger charge is -2.10. The van der Waals surface area contributed by atoms with Gasteiger partial charge in [-0.25, -0.2) is 9.37 Å². The third-order valence-corrected chi connectivity index (χ3v) is 3.46. The van der Waals surface area contributed by atoms with Gasteiger partial charge in [-0.3, -0.25) is 4.79 Å². The first-order valence-electron chi connectivity index (χ1n) is 5.26. The van der Waals surface area contributed by atoms with Crippen LogP contribution in [0.2, 0.25) is 10.0 Å². The second-order valence-corrected chi connectivity index (χ2v) is 5.49. The predicted molar refractivity (Wildman–Crippen MR) is 80.7 cm³/mol. The summed E-state index contributed by atoms with van der Waals surface area (Å²) < 4.78 is 14.4. The number of hydrogen-bond acceptors (Lipinski definition) is 3. The van der Waals surface area contributed by atoms with Gasteiger partial charge in [0, 0.05) is 10.7 Å². The van der Waals surface area contributed by atoms with E-state index in [4.69, 9.17) is 28.9 Å². The lowest BCUT2D eigenvalue weighted by atomic mass is 10.2. The lowest BCUT2D eigenvalue weighted by Crippen LogP contribution is -2.15. The number of nitrogen functional groups attached to an aromatic ring is 1.